The number of aliphatic hydroxyl groups excluding tert-OH is 10. The zero-order chi connectivity index (χ0) is 47.2. The molecule has 4 saturated carbocycles. The van der Waals surface area contributed by atoms with Crippen molar-refractivity contribution in [3.63, 3.8) is 0 Å². The minimum absolute atomic E-state index is 0.00449. The second-order valence-electron chi connectivity index (χ2n) is 23.7. The van der Waals surface area contributed by atoms with Gasteiger partial charge in [0.15, 0.2) is 18.9 Å². The first-order valence-corrected chi connectivity index (χ1v) is 24.3. The molecule has 8 fully saturated rings. The number of allylic oxidation sites excluding steroid dienone is 1. The second-order valence-corrected chi connectivity index (χ2v) is 23.7. The molecule has 0 amide bonds. The Hall–Kier alpha value is -0.940. The third-order valence-corrected chi connectivity index (χ3v) is 20.0. The van der Waals surface area contributed by atoms with E-state index in [4.69, 9.17) is 33.2 Å². The smallest absolute Gasteiger partial charge is 0.187 e. The molecule has 4 aliphatic heterocycles. The lowest BCUT2D eigenvalue weighted by molar-refractivity contribution is -0.382. The lowest BCUT2D eigenvalue weighted by Crippen LogP contribution is -2.72. The Morgan fingerprint density at radius 3 is 1.92 bits per heavy atom. The number of hydrogen-bond acceptors (Lipinski definition) is 17. The molecular weight excluding hydrogens is 849 g/mol. The Bertz CT molecular complexity index is 1790. The van der Waals surface area contributed by atoms with Crippen molar-refractivity contribution in [2.75, 3.05) is 19.8 Å². The molecule has 10 N–H and O–H groups in total. The van der Waals surface area contributed by atoms with Crippen LogP contribution in [0.1, 0.15) is 107 Å². The summed E-state index contributed by atoms with van der Waals surface area (Å²) >= 11 is 0. The van der Waals surface area contributed by atoms with Crippen LogP contribution >= 0.6 is 0 Å². The fraction of sp³-hybridized carbons (Fsp3) is 0.958. The summed E-state index contributed by atoms with van der Waals surface area (Å²) < 4.78 is 43.1. The van der Waals surface area contributed by atoms with Gasteiger partial charge in [0.2, 0.25) is 0 Å². The van der Waals surface area contributed by atoms with Gasteiger partial charge in [0.25, 0.3) is 0 Å². The highest BCUT2D eigenvalue weighted by molar-refractivity contribution is 5.36. The number of ether oxygens (including phenoxy) is 7. The molecule has 26 atom stereocenters. The molecule has 2 bridgehead atoms. The quantitative estimate of drug-likeness (QED) is 0.118. The molecule has 1 spiro atoms. The zero-order valence-corrected chi connectivity index (χ0v) is 39.3. The van der Waals surface area contributed by atoms with Crippen molar-refractivity contribution in [1.29, 1.82) is 0 Å². The van der Waals surface area contributed by atoms with Crippen LogP contribution in [0.4, 0.5) is 0 Å². The Morgan fingerprint density at radius 2 is 1.25 bits per heavy atom. The summed E-state index contributed by atoms with van der Waals surface area (Å²) in [6.07, 6.45) is -11.9. The second kappa shape index (κ2) is 16.6. The van der Waals surface area contributed by atoms with Gasteiger partial charge in [0.1, 0.15) is 61.0 Å². The summed E-state index contributed by atoms with van der Waals surface area (Å²) in [6, 6.07) is 0. The third kappa shape index (κ3) is 6.94. The van der Waals surface area contributed by atoms with Gasteiger partial charge in [-0.15, -0.1) is 0 Å². The fourth-order valence-corrected chi connectivity index (χ4v) is 15.7. The normalized spacial score (nSPS) is 59.5. The van der Waals surface area contributed by atoms with Gasteiger partial charge < -0.3 is 84.2 Å². The van der Waals surface area contributed by atoms with E-state index < -0.39 is 122 Å². The van der Waals surface area contributed by atoms with Gasteiger partial charge in [-0.05, 0) is 93.3 Å². The molecule has 17 nitrogen and oxygen atoms in total. The van der Waals surface area contributed by atoms with E-state index in [9.17, 15) is 51.1 Å². The number of hydrogen-bond donors (Lipinski definition) is 10. The zero-order valence-electron chi connectivity index (χ0n) is 39.3. The highest BCUT2D eigenvalue weighted by atomic mass is 16.8. The summed E-state index contributed by atoms with van der Waals surface area (Å²) in [5, 5.41) is 110. The number of aliphatic hydroxyl groups is 10. The van der Waals surface area contributed by atoms with Gasteiger partial charge in [-0.25, -0.2) is 0 Å². The maximum absolute atomic E-state index is 12.2. The molecule has 0 aromatic carbocycles. The van der Waals surface area contributed by atoms with Gasteiger partial charge in [0.05, 0.1) is 49.8 Å². The molecule has 17 heteroatoms. The van der Waals surface area contributed by atoms with Crippen molar-refractivity contribution in [1.82, 2.24) is 0 Å². The van der Waals surface area contributed by atoms with E-state index in [1.807, 2.05) is 6.92 Å². The summed E-state index contributed by atoms with van der Waals surface area (Å²) in [7, 11) is 0. The molecular formula is C48H78O17. The van der Waals surface area contributed by atoms with Crippen molar-refractivity contribution < 1.29 is 84.2 Å². The van der Waals surface area contributed by atoms with Crippen molar-refractivity contribution in [3.8, 4) is 0 Å². The topological polar surface area (TPSA) is 267 Å². The highest BCUT2D eigenvalue weighted by Gasteiger charge is 2.79. The van der Waals surface area contributed by atoms with Crippen LogP contribution in [0.25, 0.3) is 0 Å². The molecule has 5 aliphatic carbocycles. The number of rotatable bonds is 8. The maximum atomic E-state index is 12.2. The van der Waals surface area contributed by atoms with E-state index in [2.05, 4.69) is 46.8 Å². The van der Waals surface area contributed by atoms with Crippen LogP contribution in [-0.4, -0.2) is 181 Å². The summed E-state index contributed by atoms with van der Waals surface area (Å²) in [6.45, 7) is 16.6. The Balaban J connectivity index is 0.916. The molecule has 9 rings (SSSR count). The Kier molecular flexibility index (Phi) is 12.5. The minimum Gasteiger partial charge on any atom is -0.396 e. The van der Waals surface area contributed by atoms with E-state index in [1.54, 1.807) is 6.92 Å². The molecule has 0 aromatic rings. The van der Waals surface area contributed by atoms with E-state index in [1.165, 1.54) is 6.92 Å². The van der Waals surface area contributed by atoms with E-state index >= 15 is 0 Å². The monoisotopic (exact) mass is 927 g/mol. The van der Waals surface area contributed by atoms with E-state index in [0.29, 0.717) is 19.4 Å². The molecule has 65 heavy (non-hydrogen) atoms. The van der Waals surface area contributed by atoms with Gasteiger partial charge in [0, 0.05) is 22.2 Å². The highest BCUT2D eigenvalue weighted by Crippen LogP contribution is 2.79. The van der Waals surface area contributed by atoms with E-state index in [0.717, 1.165) is 38.5 Å². The first-order valence-electron chi connectivity index (χ1n) is 24.3. The van der Waals surface area contributed by atoms with Crippen LogP contribution in [0.15, 0.2) is 12.2 Å². The summed E-state index contributed by atoms with van der Waals surface area (Å²) in [5.74, 6) is 0.340. The fourth-order valence-electron chi connectivity index (χ4n) is 15.7. The third-order valence-electron chi connectivity index (χ3n) is 20.0. The Morgan fingerprint density at radius 1 is 0.615 bits per heavy atom. The predicted octanol–water partition coefficient (Wildman–Crippen LogP) is 0.629. The lowest BCUT2D eigenvalue weighted by atomic mass is 9.32. The molecule has 4 saturated heterocycles. The van der Waals surface area contributed by atoms with Gasteiger partial charge in [-0.2, -0.15) is 0 Å². The van der Waals surface area contributed by atoms with Crippen LogP contribution < -0.4 is 0 Å². The minimum atomic E-state index is -1.86. The standard InChI is InChI=1S/C48H78O17/c1-22-30(52)32(54)34(56)39(60-22)64-37-24(19-49)62-40(35(57)33(37)55)65-38-31(53)23(2)61-41(36(38)58)63-29-11-12-43(5)25(44(29,6)20-50)9-13-45(7)26(43)10-14-48-27-17-42(3,4)15-16-47(27,21-59-48)28(51)18-46(45,48)8/h10,14,22-41,49-58H,9,11-13,15-21H2,1-8H3/t22-,23+,24+,25+,26+,27+,28-,29-,30-,31-,32+,33+,34+,35+,36+,37+,38-,39-,40-,41-,43-,44-,45+,46-,47+,48-/m0/s1. The summed E-state index contributed by atoms with van der Waals surface area (Å²) in [5.41, 5.74) is -2.15. The van der Waals surface area contributed by atoms with Crippen molar-refractivity contribution in [2.24, 2.45) is 50.2 Å². The van der Waals surface area contributed by atoms with Gasteiger partial charge >= 0.3 is 0 Å². The lowest BCUT2D eigenvalue weighted by Gasteiger charge is -2.73. The van der Waals surface area contributed by atoms with Crippen LogP contribution in [-0.2, 0) is 33.2 Å². The summed E-state index contributed by atoms with van der Waals surface area (Å²) in [4.78, 5) is 0. The van der Waals surface area contributed by atoms with Crippen LogP contribution in [0.3, 0.4) is 0 Å². The van der Waals surface area contributed by atoms with E-state index in [-0.39, 0.29) is 51.4 Å². The van der Waals surface area contributed by atoms with Crippen molar-refractivity contribution in [2.45, 2.75) is 217 Å². The maximum Gasteiger partial charge on any atom is 0.187 e. The molecule has 0 unspecified atom stereocenters. The largest absolute Gasteiger partial charge is 0.396 e. The average Bonchev–Trinajstić information content (AvgIpc) is 3.54. The molecule has 372 valence electrons. The molecule has 9 aliphatic rings. The van der Waals surface area contributed by atoms with Crippen LogP contribution in [0, 0.1) is 50.2 Å². The van der Waals surface area contributed by atoms with Crippen molar-refractivity contribution >= 4 is 0 Å². The predicted molar refractivity (Wildman–Crippen MR) is 228 cm³/mol. The Labute approximate surface area is 382 Å². The van der Waals surface area contributed by atoms with Gasteiger partial charge in [-0.1, -0.05) is 53.7 Å². The first kappa shape index (κ1) is 49.1. The molecule has 0 aromatic heterocycles. The first-order chi connectivity index (χ1) is 30.4. The van der Waals surface area contributed by atoms with Crippen LogP contribution in [0.5, 0.6) is 0 Å². The molecule has 4 heterocycles. The van der Waals surface area contributed by atoms with Crippen molar-refractivity contribution in [3.05, 3.63) is 12.2 Å². The molecule has 0 radical (unpaired) electrons. The van der Waals surface area contributed by atoms with Gasteiger partial charge in [-0.3, -0.25) is 0 Å². The number of fused-ring (bicyclic) bond motifs is 4. The SMILES string of the molecule is C[C@@H]1O[C@@H](O[C@H]2[C@H](O)[C@@H](O)[C@H](O[C@H]3[C@@H](O)[C@@H](C)O[C@@H](O[C@H]4CC[C@@]5(C)[C@@H](CC[C@]6(C)[C@@H]5C=C[C@]57OC[C@@]8(CCC(C)(C)C[C@H]85)[C@@H](O)C[C@]76C)[C@]4(C)CO)[C@@H]3O)O[C@@H]2CO)[C@H](O)[C@H](O)[C@H]1O. The average molecular weight is 927 g/mol. The van der Waals surface area contributed by atoms with Crippen LogP contribution in [0.2, 0.25) is 0 Å².